The highest BCUT2D eigenvalue weighted by atomic mass is 28.3. The van der Waals surface area contributed by atoms with Crippen molar-refractivity contribution in [1.82, 2.24) is 0 Å². The highest BCUT2D eigenvalue weighted by Gasteiger charge is 1.97. The van der Waals surface area contributed by atoms with Crippen LogP contribution in [0, 0.1) is 0 Å². The predicted molar refractivity (Wildman–Crippen MR) is 50.6 cm³/mol. The van der Waals surface area contributed by atoms with Crippen molar-refractivity contribution < 1.29 is 14.0 Å². The number of hydrogen-bond acceptors (Lipinski definition) is 3. The largest absolute Gasteiger partial charge is 0.462 e. The van der Waals surface area contributed by atoms with E-state index in [1.165, 1.54) is 0 Å². The predicted octanol–water partition coefficient (Wildman–Crippen LogP) is 1.11. The molecule has 0 radical (unpaired) electrons. The van der Waals surface area contributed by atoms with Crippen LogP contribution < -0.4 is 0 Å². The van der Waals surface area contributed by atoms with E-state index >= 15 is 0 Å². The molecule has 0 unspecified atom stereocenters. The fourth-order valence-corrected chi connectivity index (χ4v) is 1.25. The Morgan fingerprint density at radius 2 is 2.17 bits per heavy atom. The molecule has 0 spiro atoms. The van der Waals surface area contributed by atoms with Gasteiger partial charge in [0.1, 0.15) is 0 Å². The molecule has 0 aliphatic heterocycles. The first kappa shape index (κ1) is 11.4. The molecule has 0 aliphatic carbocycles. The van der Waals surface area contributed by atoms with E-state index in [9.17, 15) is 4.79 Å². The summed E-state index contributed by atoms with van der Waals surface area (Å²) < 4.78 is 10.1. The van der Waals surface area contributed by atoms with Gasteiger partial charge in [-0.05, 0) is 13.1 Å². The lowest BCUT2D eigenvalue weighted by atomic mass is 10.5. The summed E-state index contributed by atoms with van der Waals surface area (Å²) in [5.74, 6) is -0.364. The summed E-state index contributed by atoms with van der Waals surface area (Å²) in [4.78, 5) is 10.5. The molecule has 4 heteroatoms. The molecule has 0 aromatic rings. The van der Waals surface area contributed by atoms with E-state index in [1.807, 2.05) is 0 Å². The van der Waals surface area contributed by atoms with Gasteiger partial charge in [0.25, 0.3) is 0 Å². The average molecular weight is 188 g/mol. The van der Waals surface area contributed by atoms with E-state index in [0.29, 0.717) is 13.2 Å². The van der Waals surface area contributed by atoms with Gasteiger partial charge in [-0.2, -0.15) is 0 Å². The van der Waals surface area contributed by atoms with Crippen LogP contribution in [0.2, 0.25) is 13.1 Å². The number of carbonyl (C=O) groups excluding carboxylic acids is 1. The average Bonchev–Trinajstić information content (AvgIpc) is 2.03. The molecule has 0 saturated heterocycles. The second-order valence-electron chi connectivity index (χ2n) is 2.64. The van der Waals surface area contributed by atoms with Crippen molar-refractivity contribution in [3.8, 4) is 0 Å². The van der Waals surface area contributed by atoms with E-state index in [2.05, 4.69) is 19.7 Å². The van der Waals surface area contributed by atoms with Crippen LogP contribution in [0.1, 0.15) is 6.42 Å². The topological polar surface area (TPSA) is 35.5 Å². The third kappa shape index (κ3) is 7.49. The monoisotopic (exact) mass is 188 g/mol. The maximum atomic E-state index is 10.5. The fraction of sp³-hybridized carbons (Fsp3) is 0.625. The second-order valence-corrected chi connectivity index (χ2v) is 5.08. The summed E-state index contributed by atoms with van der Waals surface area (Å²) in [6.07, 6.45) is 1.93. The summed E-state index contributed by atoms with van der Waals surface area (Å²) in [6, 6.07) is 0. The molecule has 0 heterocycles. The van der Waals surface area contributed by atoms with Crippen LogP contribution in [0.3, 0.4) is 0 Å². The summed E-state index contributed by atoms with van der Waals surface area (Å²) in [6.45, 7) is 8.61. The highest BCUT2D eigenvalue weighted by molar-refractivity contribution is 6.48. The molecule has 0 saturated carbocycles. The molecule has 0 atom stereocenters. The molecule has 0 amide bonds. The molecule has 70 valence electrons. The van der Waals surface area contributed by atoms with Gasteiger partial charge in [0.2, 0.25) is 0 Å². The van der Waals surface area contributed by atoms with Crippen LogP contribution in [0.4, 0.5) is 0 Å². The molecule has 0 rings (SSSR count). The number of esters is 1. The van der Waals surface area contributed by atoms with Crippen LogP contribution in [0.5, 0.6) is 0 Å². The first-order valence-electron chi connectivity index (χ1n) is 4.07. The Morgan fingerprint density at radius 3 is 2.67 bits per heavy atom. The Morgan fingerprint density at radius 1 is 1.50 bits per heavy atom. The van der Waals surface area contributed by atoms with Crippen molar-refractivity contribution in [2.45, 2.75) is 19.5 Å². The summed E-state index contributed by atoms with van der Waals surface area (Å²) in [7, 11) is -0.906. The quantitative estimate of drug-likeness (QED) is 0.271. The fourth-order valence-electron chi connectivity index (χ4n) is 0.610. The van der Waals surface area contributed by atoms with E-state index in [-0.39, 0.29) is 5.97 Å². The van der Waals surface area contributed by atoms with Gasteiger partial charge in [0, 0.05) is 19.1 Å². The van der Waals surface area contributed by atoms with Gasteiger partial charge >= 0.3 is 5.97 Å². The standard InChI is InChI=1S/C8H16O3Si/c1-4-8(9)10-6-5-7-11-12(2)3/h4,12H,1,5-7H2,2-3H3. The summed E-state index contributed by atoms with van der Waals surface area (Å²) >= 11 is 0. The zero-order valence-electron chi connectivity index (χ0n) is 7.71. The molecular formula is C8H16O3Si. The molecule has 12 heavy (non-hydrogen) atoms. The lowest BCUT2D eigenvalue weighted by Gasteiger charge is -2.05. The van der Waals surface area contributed by atoms with Crippen molar-refractivity contribution in [3.63, 3.8) is 0 Å². The first-order chi connectivity index (χ1) is 5.66. The molecule has 0 fully saturated rings. The third-order valence-corrected chi connectivity index (χ3v) is 2.05. The maximum absolute atomic E-state index is 10.5. The lowest BCUT2D eigenvalue weighted by molar-refractivity contribution is -0.137. The SMILES string of the molecule is C=CC(=O)OCCCO[SiH](C)C. The minimum absolute atomic E-state index is 0.364. The van der Waals surface area contributed by atoms with Crippen LogP contribution in [0.15, 0.2) is 12.7 Å². The first-order valence-corrected chi connectivity index (χ1v) is 6.85. The summed E-state index contributed by atoms with van der Waals surface area (Å²) in [5, 5.41) is 0. The van der Waals surface area contributed by atoms with Crippen molar-refractivity contribution in [3.05, 3.63) is 12.7 Å². The van der Waals surface area contributed by atoms with Crippen molar-refractivity contribution in [1.29, 1.82) is 0 Å². The Hall–Kier alpha value is -0.613. The minimum Gasteiger partial charge on any atom is -0.462 e. The van der Waals surface area contributed by atoms with Crippen LogP contribution >= 0.6 is 0 Å². The van der Waals surface area contributed by atoms with Crippen molar-refractivity contribution in [2.75, 3.05) is 13.2 Å². The normalized spacial score (nSPS) is 9.92. The van der Waals surface area contributed by atoms with Gasteiger partial charge < -0.3 is 9.16 Å². The molecule has 0 aliphatic rings. The van der Waals surface area contributed by atoms with Crippen molar-refractivity contribution >= 4 is 15.0 Å². The lowest BCUT2D eigenvalue weighted by Crippen LogP contribution is -2.11. The Labute approximate surface area is 75.1 Å². The van der Waals surface area contributed by atoms with E-state index < -0.39 is 9.04 Å². The number of rotatable bonds is 6. The highest BCUT2D eigenvalue weighted by Crippen LogP contribution is 1.89. The Bertz CT molecular complexity index is 145. The molecule has 0 aromatic heterocycles. The Balaban J connectivity index is 3.11. The number of ether oxygens (including phenoxy) is 1. The number of carbonyl (C=O) groups is 1. The van der Waals surface area contributed by atoms with Crippen LogP contribution in [-0.2, 0) is 14.0 Å². The van der Waals surface area contributed by atoms with Gasteiger partial charge in [-0.15, -0.1) is 0 Å². The molecule has 0 bridgehead atoms. The Kier molecular flexibility index (Phi) is 6.70. The van der Waals surface area contributed by atoms with E-state index in [4.69, 9.17) is 9.16 Å². The van der Waals surface area contributed by atoms with Gasteiger partial charge in [-0.25, -0.2) is 4.79 Å². The van der Waals surface area contributed by atoms with Gasteiger partial charge in [0.05, 0.1) is 6.61 Å². The zero-order valence-corrected chi connectivity index (χ0v) is 8.86. The maximum Gasteiger partial charge on any atom is 0.330 e. The van der Waals surface area contributed by atoms with Gasteiger partial charge in [0.15, 0.2) is 9.04 Å². The zero-order chi connectivity index (χ0) is 9.40. The van der Waals surface area contributed by atoms with Crippen molar-refractivity contribution in [2.24, 2.45) is 0 Å². The summed E-state index contributed by atoms with van der Waals surface area (Å²) in [5.41, 5.74) is 0. The van der Waals surface area contributed by atoms with Crippen LogP contribution in [0.25, 0.3) is 0 Å². The molecule has 0 aromatic carbocycles. The van der Waals surface area contributed by atoms with Gasteiger partial charge in [-0.1, -0.05) is 6.58 Å². The van der Waals surface area contributed by atoms with Crippen LogP contribution in [-0.4, -0.2) is 28.2 Å². The molecule has 3 nitrogen and oxygen atoms in total. The van der Waals surface area contributed by atoms with E-state index in [1.54, 1.807) is 0 Å². The van der Waals surface area contributed by atoms with E-state index in [0.717, 1.165) is 12.5 Å². The minimum atomic E-state index is -0.906. The molecule has 0 N–H and O–H groups in total. The second kappa shape index (κ2) is 7.06. The smallest absolute Gasteiger partial charge is 0.330 e. The molecular weight excluding hydrogens is 172 g/mol. The third-order valence-electron chi connectivity index (χ3n) is 1.15. The van der Waals surface area contributed by atoms with Gasteiger partial charge in [-0.3, -0.25) is 0 Å². The number of hydrogen-bond donors (Lipinski definition) is 0.